The van der Waals surface area contributed by atoms with Crippen LogP contribution in [0.2, 0.25) is 0 Å². The van der Waals surface area contributed by atoms with E-state index < -0.39 is 0 Å². The van der Waals surface area contributed by atoms with E-state index in [2.05, 4.69) is 12.2 Å². The van der Waals surface area contributed by atoms with Crippen LogP contribution in [0, 0.1) is 0 Å². The molecule has 1 aromatic carbocycles. The van der Waals surface area contributed by atoms with Crippen molar-refractivity contribution in [3.05, 3.63) is 35.9 Å². The normalized spacial score (nSPS) is 12.6. The Hall–Kier alpha value is -1.61. The second kappa shape index (κ2) is 7.67. The molecule has 0 unspecified atom stereocenters. The summed E-state index contributed by atoms with van der Waals surface area (Å²) in [5, 5.41) is 3.24. The standard InChI is InChI=1S/C15H21NO2/c1-4-16-11-13(3)18-15-7-5-6-14(10-15)9-8-12(2)17/h5-10,13,16H,4,11H2,1-3H3/b9-8+/t13-/m1/s1. The molecule has 0 aliphatic rings. The van der Waals surface area contributed by atoms with Gasteiger partial charge in [0.2, 0.25) is 0 Å². The number of benzene rings is 1. The maximum Gasteiger partial charge on any atom is 0.152 e. The average molecular weight is 247 g/mol. The van der Waals surface area contributed by atoms with Crippen molar-refractivity contribution in [3.8, 4) is 5.75 Å². The van der Waals surface area contributed by atoms with Crippen LogP contribution in [0.4, 0.5) is 0 Å². The minimum absolute atomic E-state index is 0.0434. The zero-order chi connectivity index (χ0) is 13.4. The van der Waals surface area contributed by atoms with Gasteiger partial charge in [-0.15, -0.1) is 0 Å². The first-order valence-corrected chi connectivity index (χ1v) is 6.28. The van der Waals surface area contributed by atoms with Gasteiger partial charge in [0.25, 0.3) is 0 Å². The summed E-state index contributed by atoms with van der Waals surface area (Å²) in [6.45, 7) is 7.40. The van der Waals surface area contributed by atoms with E-state index in [-0.39, 0.29) is 11.9 Å². The number of likely N-dealkylation sites (N-methyl/N-ethyl adjacent to an activating group) is 1. The Balaban J connectivity index is 2.61. The first-order chi connectivity index (χ1) is 8.61. The van der Waals surface area contributed by atoms with Gasteiger partial charge in [0.1, 0.15) is 11.9 Å². The number of hydrogen-bond donors (Lipinski definition) is 1. The number of ketones is 1. The van der Waals surface area contributed by atoms with Crippen LogP contribution in [0.25, 0.3) is 6.08 Å². The van der Waals surface area contributed by atoms with E-state index in [1.54, 1.807) is 12.2 Å². The Morgan fingerprint density at radius 2 is 2.28 bits per heavy atom. The SMILES string of the molecule is CCNC[C@@H](C)Oc1cccc(/C=C/C(C)=O)c1. The molecule has 1 aromatic rings. The van der Waals surface area contributed by atoms with E-state index in [4.69, 9.17) is 4.74 Å². The van der Waals surface area contributed by atoms with E-state index in [1.807, 2.05) is 31.2 Å². The lowest BCUT2D eigenvalue weighted by Crippen LogP contribution is -2.28. The van der Waals surface area contributed by atoms with Crippen LogP contribution >= 0.6 is 0 Å². The zero-order valence-corrected chi connectivity index (χ0v) is 11.3. The fourth-order valence-corrected chi connectivity index (χ4v) is 1.53. The fraction of sp³-hybridized carbons (Fsp3) is 0.400. The van der Waals surface area contributed by atoms with Gasteiger partial charge in [0, 0.05) is 6.54 Å². The molecule has 0 heterocycles. The molecular weight excluding hydrogens is 226 g/mol. The number of hydrogen-bond acceptors (Lipinski definition) is 3. The number of ether oxygens (including phenoxy) is 1. The second-order valence-electron chi connectivity index (χ2n) is 4.25. The number of nitrogens with one attached hydrogen (secondary N) is 1. The Bertz CT molecular complexity index is 413. The molecule has 1 N–H and O–H groups in total. The highest BCUT2D eigenvalue weighted by Gasteiger charge is 2.03. The molecule has 3 heteroatoms. The molecule has 0 aromatic heterocycles. The summed E-state index contributed by atoms with van der Waals surface area (Å²) >= 11 is 0. The molecule has 1 rings (SSSR count). The third-order valence-electron chi connectivity index (χ3n) is 2.39. The van der Waals surface area contributed by atoms with Gasteiger partial charge < -0.3 is 10.1 Å². The van der Waals surface area contributed by atoms with Crippen molar-refractivity contribution in [2.75, 3.05) is 13.1 Å². The van der Waals surface area contributed by atoms with E-state index in [0.29, 0.717) is 0 Å². The van der Waals surface area contributed by atoms with Gasteiger partial charge in [-0.1, -0.05) is 25.1 Å². The van der Waals surface area contributed by atoms with E-state index >= 15 is 0 Å². The summed E-state index contributed by atoms with van der Waals surface area (Å²) < 4.78 is 5.78. The molecule has 0 spiro atoms. The third-order valence-corrected chi connectivity index (χ3v) is 2.39. The molecule has 0 saturated carbocycles. The minimum Gasteiger partial charge on any atom is -0.489 e. The first kappa shape index (κ1) is 14.5. The highest BCUT2D eigenvalue weighted by molar-refractivity contribution is 5.91. The topological polar surface area (TPSA) is 38.3 Å². The average Bonchev–Trinajstić information content (AvgIpc) is 2.34. The van der Waals surface area contributed by atoms with Crippen LogP contribution in [0.5, 0.6) is 5.75 Å². The second-order valence-corrected chi connectivity index (χ2v) is 4.25. The largest absolute Gasteiger partial charge is 0.489 e. The summed E-state index contributed by atoms with van der Waals surface area (Å²) in [5.74, 6) is 0.868. The predicted molar refractivity (Wildman–Crippen MR) is 74.8 cm³/mol. The Morgan fingerprint density at radius 1 is 1.50 bits per heavy atom. The van der Waals surface area contributed by atoms with Crippen LogP contribution in [0.1, 0.15) is 26.3 Å². The van der Waals surface area contributed by atoms with E-state index in [1.165, 1.54) is 6.92 Å². The van der Waals surface area contributed by atoms with Gasteiger partial charge >= 0.3 is 0 Å². The lowest BCUT2D eigenvalue weighted by atomic mass is 10.2. The highest BCUT2D eigenvalue weighted by Crippen LogP contribution is 2.15. The van der Waals surface area contributed by atoms with Gasteiger partial charge in [-0.2, -0.15) is 0 Å². The molecule has 18 heavy (non-hydrogen) atoms. The molecule has 0 radical (unpaired) electrons. The summed E-state index contributed by atoms with van der Waals surface area (Å²) in [7, 11) is 0. The summed E-state index contributed by atoms with van der Waals surface area (Å²) in [6, 6.07) is 7.73. The Morgan fingerprint density at radius 3 is 2.94 bits per heavy atom. The summed E-state index contributed by atoms with van der Waals surface area (Å²) in [5.41, 5.74) is 0.971. The third kappa shape index (κ3) is 5.64. The first-order valence-electron chi connectivity index (χ1n) is 6.28. The number of allylic oxidation sites excluding steroid dienone is 1. The van der Waals surface area contributed by atoms with Crippen LogP contribution in [-0.2, 0) is 4.79 Å². The summed E-state index contributed by atoms with van der Waals surface area (Å²) in [6.07, 6.45) is 3.47. The molecular formula is C15H21NO2. The number of carbonyl (C=O) groups excluding carboxylic acids is 1. The number of carbonyl (C=O) groups is 1. The molecule has 3 nitrogen and oxygen atoms in total. The minimum atomic E-state index is 0.0434. The Kier molecular flexibility index (Phi) is 6.15. The molecule has 0 amide bonds. The molecule has 0 aliphatic carbocycles. The van der Waals surface area contributed by atoms with Gasteiger partial charge in [-0.3, -0.25) is 4.79 Å². The lowest BCUT2D eigenvalue weighted by Gasteiger charge is -2.15. The van der Waals surface area contributed by atoms with E-state index in [9.17, 15) is 4.79 Å². The van der Waals surface area contributed by atoms with Crippen molar-refractivity contribution < 1.29 is 9.53 Å². The van der Waals surface area contributed by atoms with Crippen LogP contribution < -0.4 is 10.1 Å². The zero-order valence-electron chi connectivity index (χ0n) is 11.3. The lowest BCUT2D eigenvalue weighted by molar-refractivity contribution is -0.112. The van der Waals surface area contributed by atoms with Crippen molar-refractivity contribution in [2.24, 2.45) is 0 Å². The highest BCUT2D eigenvalue weighted by atomic mass is 16.5. The van der Waals surface area contributed by atoms with Crippen molar-refractivity contribution in [3.63, 3.8) is 0 Å². The van der Waals surface area contributed by atoms with Crippen molar-refractivity contribution in [1.29, 1.82) is 0 Å². The number of rotatable bonds is 7. The quantitative estimate of drug-likeness (QED) is 0.753. The fourth-order valence-electron chi connectivity index (χ4n) is 1.53. The van der Waals surface area contributed by atoms with Gasteiger partial charge in [0.05, 0.1) is 0 Å². The maximum atomic E-state index is 10.9. The molecule has 0 saturated heterocycles. The van der Waals surface area contributed by atoms with Crippen molar-refractivity contribution in [1.82, 2.24) is 5.32 Å². The monoisotopic (exact) mass is 247 g/mol. The molecule has 0 fully saturated rings. The molecule has 1 atom stereocenters. The summed E-state index contributed by atoms with van der Waals surface area (Å²) in [4.78, 5) is 10.9. The van der Waals surface area contributed by atoms with E-state index in [0.717, 1.165) is 24.4 Å². The van der Waals surface area contributed by atoms with Crippen LogP contribution in [0.3, 0.4) is 0 Å². The molecule has 0 aliphatic heterocycles. The van der Waals surface area contributed by atoms with Gasteiger partial charge in [0.15, 0.2) is 5.78 Å². The smallest absolute Gasteiger partial charge is 0.152 e. The van der Waals surface area contributed by atoms with Gasteiger partial charge in [-0.25, -0.2) is 0 Å². The molecule has 98 valence electrons. The van der Waals surface area contributed by atoms with Crippen molar-refractivity contribution in [2.45, 2.75) is 26.9 Å². The molecule has 0 bridgehead atoms. The Labute approximate surface area is 109 Å². The van der Waals surface area contributed by atoms with Gasteiger partial charge in [-0.05, 0) is 44.2 Å². The maximum absolute atomic E-state index is 10.9. The predicted octanol–water partition coefficient (Wildman–Crippen LogP) is 2.67. The van der Waals surface area contributed by atoms with Crippen LogP contribution in [-0.4, -0.2) is 25.0 Å². The van der Waals surface area contributed by atoms with Crippen molar-refractivity contribution >= 4 is 11.9 Å². The van der Waals surface area contributed by atoms with Crippen LogP contribution in [0.15, 0.2) is 30.3 Å².